The second-order valence-electron chi connectivity index (χ2n) is 9.90. The lowest BCUT2D eigenvalue weighted by molar-refractivity contribution is -0.143. The summed E-state index contributed by atoms with van der Waals surface area (Å²) in [7, 11) is 0. The number of amides is 3. The fourth-order valence-electron chi connectivity index (χ4n) is 4.21. The summed E-state index contributed by atoms with van der Waals surface area (Å²) in [6.45, 7) is 0. The molecule has 0 aliphatic heterocycles. The number of aliphatic carboxylic acids is 2. The lowest BCUT2D eigenvalue weighted by Crippen LogP contribution is -2.58. The number of aromatic amines is 1. The van der Waals surface area contributed by atoms with E-state index < -0.39 is 60.2 Å². The maximum atomic E-state index is 13.6. The molecule has 9 N–H and O–H groups in total. The quantitative estimate of drug-likeness (QED) is 0.109. The highest BCUT2D eigenvalue weighted by Gasteiger charge is 2.31. The van der Waals surface area contributed by atoms with Crippen molar-refractivity contribution in [3.05, 3.63) is 83.9 Å². The first-order chi connectivity index (χ1) is 20.5. The molecule has 0 fully saturated rings. The lowest BCUT2D eigenvalue weighted by Gasteiger charge is -2.25. The molecule has 0 saturated carbocycles. The summed E-state index contributed by atoms with van der Waals surface area (Å²) in [6, 6.07) is 9.80. The molecule has 228 valence electrons. The van der Waals surface area contributed by atoms with Crippen LogP contribution < -0.4 is 21.7 Å². The number of nitrogens with one attached hydrogen (secondary N) is 4. The first-order valence-corrected chi connectivity index (χ1v) is 13.4. The summed E-state index contributed by atoms with van der Waals surface area (Å²) in [6.07, 6.45) is 2.09. The molecule has 0 saturated heterocycles. The minimum absolute atomic E-state index is 0.0191. The van der Waals surface area contributed by atoms with E-state index in [1.54, 1.807) is 42.5 Å². The van der Waals surface area contributed by atoms with Crippen molar-refractivity contribution in [2.75, 3.05) is 0 Å². The van der Waals surface area contributed by atoms with Crippen molar-refractivity contribution >= 4 is 29.7 Å². The number of aromatic nitrogens is 2. The highest BCUT2D eigenvalue weighted by molar-refractivity contribution is 5.94. The zero-order valence-corrected chi connectivity index (χ0v) is 23.1. The van der Waals surface area contributed by atoms with E-state index in [2.05, 4.69) is 25.9 Å². The Balaban J connectivity index is 1.79. The summed E-state index contributed by atoms with van der Waals surface area (Å²) >= 11 is 0. The second kappa shape index (κ2) is 15.7. The fraction of sp³-hybridized carbons (Fsp3) is 0.310. The van der Waals surface area contributed by atoms with Gasteiger partial charge in [0.05, 0.1) is 12.4 Å². The zero-order chi connectivity index (χ0) is 31.4. The zero-order valence-electron chi connectivity index (χ0n) is 23.1. The van der Waals surface area contributed by atoms with Gasteiger partial charge in [0.25, 0.3) is 0 Å². The molecule has 0 bridgehead atoms. The Hall–Kier alpha value is -5.24. The smallest absolute Gasteiger partial charge is 0.326 e. The number of phenolic OH excluding ortho intramolecular Hbond substituents is 1. The van der Waals surface area contributed by atoms with E-state index in [1.165, 1.54) is 24.7 Å². The SMILES string of the molecule is NC(Cc1ccc(O)cc1)C(=O)NC(Cc1cnc[nH]1)C(=O)NC(Cc1ccccc1)C(=O)NC(CCC(=O)O)C(=O)O. The Morgan fingerprint density at radius 3 is 1.93 bits per heavy atom. The van der Waals surface area contributed by atoms with Crippen molar-refractivity contribution in [2.24, 2.45) is 5.73 Å². The Bertz CT molecular complexity index is 1380. The van der Waals surface area contributed by atoms with Crippen molar-refractivity contribution in [1.82, 2.24) is 25.9 Å². The van der Waals surface area contributed by atoms with Crippen molar-refractivity contribution in [1.29, 1.82) is 0 Å². The molecule has 4 atom stereocenters. The van der Waals surface area contributed by atoms with E-state index >= 15 is 0 Å². The van der Waals surface area contributed by atoms with E-state index in [-0.39, 0.29) is 31.4 Å². The van der Waals surface area contributed by atoms with Crippen LogP contribution in [0, 0.1) is 0 Å². The summed E-state index contributed by atoms with van der Waals surface area (Å²) in [5.41, 5.74) is 7.96. The number of imidazole rings is 1. The van der Waals surface area contributed by atoms with Gasteiger partial charge in [-0.05, 0) is 36.1 Å². The molecule has 14 heteroatoms. The summed E-state index contributed by atoms with van der Waals surface area (Å²) in [4.78, 5) is 69.3. The van der Waals surface area contributed by atoms with Crippen LogP contribution >= 0.6 is 0 Å². The highest BCUT2D eigenvalue weighted by Crippen LogP contribution is 2.12. The molecule has 0 radical (unpaired) electrons. The number of nitrogens with two attached hydrogens (primary N) is 1. The van der Waals surface area contributed by atoms with Gasteiger partial charge in [0, 0.05) is 31.2 Å². The molecule has 0 aliphatic carbocycles. The van der Waals surface area contributed by atoms with Crippen LogP contribution in [0.4, 0.5) is 0 Å². The van der Waals surface area contributed by atoms with Gasteiger partial charge in [0.2, 0.25) is 17.7 Å². The number of benzene rings is 2. The standard InChI is InChI=1S/C29H34N6O8/c30-21(12-18-6-8-20(36)9-7-18)26(39)34-24(14-19-15-31-16-32-19)28(41)35-23(13-17-4-2-1-3-5-17)27(40)33-22(29(42)43)10-11-25(37)38/h1-9,15-16,21-24,36H,10-14,30H2,(H,31,32)(H,33,40)(H,34,39)(H,35,41)(H,37,38)(H,42,43). The van der Waals surface area contributed by atoms with Crippen LogP contribution in [0.15, 0.2) is 67.1 Å². The highest BCUT2D eigenvalue weighted by atomic mass is 16.4. The van der Waals surface area contributed by atoms with Crippen LogP contribution in [0.25, 0.3) is 0 Å². The maximum absolute atomic E-state index is 13.6. The third-order valence-corrected chi connectivity index (χ3v) is 6.52. The monoisotopic (exact) mass is 594 g/mol. The van der Waals surface area contributed by atoms with Gasteiger partial charge >= 0.3 is 11.9 Å². The Labute approximate surface area is 246 Å². The van der Waals surface area contributed by atoms with Crippen LogP contribution in [-0.2, 0) is 43.2 Å². The molecule has 43 heavy (non-hydrogen) atoms. The van der Waals surface area contributed by atoms with Crippen molar-refractivity contribution in [3.8, 4) is 5.75 Å². The minimum atomic E-state index is -1.50. The second-order valence-corrected chi connectivity index (χ2v) is 9.90. The summed E-state index contributed by atoms with van der Waals surface area (Å²) < 4.78 is 0. The number of carbonyl (C=O) groups excluding carboxylic acids is 3. The molecule has 1 aromatic heterocycles. The fourth-order valence-corrected chi connectivity index (χ4v) is 4.21. The van der Waals surface area contributed by atoms with E-state index in [0.29, 0.717) is 16.8 Å². The Morgan fingerprint density at radius 2 is 1.35 bits per heavy atom. The molecular weight excluding hydrogens is 560 g/mol. The van der Waals surface area contributed by atoms with Crippen molar-refractivity contribution in [3.63, 3.8) is 0 Å². The van der Waals surface area contributed by atoms with Crippen molar-refractivity contribution in [2.45, 2.75) is 56.3 Å². The third kappa shape index (κ3) is 10.6. The topological polar surface area (TPSA) is 237 Å². The minimum Gasteiger partial charge on any atom is -0.508 e. The van der Waals surface area contributed by atoms with Crippen LogP contribution in [0.2, 0.25) is 0 Å². The molecule has 0 spiro atoms. The van der Waals surface area contributed by atoms with E-state index in [1.807, 2.05) is 0 Å². The molecular formula is C29H34N6O8. The number of rotatable bonds is 16. The van der Waals surface area contributed by atoms with E-state index in [4.69, 9.17) is 10.8 Å². The summed E-state index contributed by atoms with van der Waals surface area (Å²) in [5, 5.41) is 35.5. The average Bonchev–Trinajstić information content (AvgIpc) is 3.49. The van der Waals surface area contributed by atoms with Gasteiger partial charge in [-0.25, -0.2) is 9.78 Å². The van der Waals surface area contributed by atoms with E-state index in [0.717, 1.165) is 0 Å². The Kier molecular flexibility index (Phi) is 11.8. The summed E-state index contributed by atoms with van der Waals surface area (Å²) in [5.74, 6) is -4.82. The van der Waals surface area contributed by atoms with Gasteiger partial charge < -0.3 is 42.0 Å². The maximum Gasteiger partial charge on any atom is 0.326 e. The van der Waals surface area contributed by atoms with Crippen molar-refractivity contribution < 1.29 is 39.3 Å². The van der Waals surface area contributed by atoms with Gasteiger partial charge in [0.15, 0.2) is 0 Å². The average molecular weight is 595 g/mol. The van der Waals surface area contributed by atoms with Gasteiger partial charge in [0.1, 0.15) is 23.9 Å². The number of carboxylic acids is 2. The van der Waals surface area contributed by atoms with Gasteiger partial charge in [-0.1, -0.05) is 42.5 Å². The van der Waals surface area contributed by atoms with E-state index in [9.17, 15) is 34.2 Å². The molecule has 3 rings (SSSR count). The molecule has 3 aromatic rings. The number of hydrogen-bond donors (Lipinski definition) is 8. The number of nitrogens with zero attached hydrogens (tertiary/aromatic N) is 1. The Morgan fingerprint density at radius 1 is 0.767 bits per heavy atom. The number of carboxylic acid groups (broad SMARTS) is 2. The number of phenols is 1. The first kappa shape index (κ1) is 32.3. The molecule has 3 amide bonds. The number of aromatic hydroxyl groups is 1. The first-order valence-electron chi connectivity index (χ1n) is 13.4. The molecule has 14 nitrogen and oxygen atoms in total. The van der Waals surface area contributed by atoms with Gasteiger partial charge in [-0.15, -0.1) is 0 Å². The number of hydrogen-bond acceptors (Lipinski definition) is 8. The van der Waals surface area contributed by atoms with Crippen LogP contribution in [0.3, 0.4) is 0 Å². The molecule has 1 heterocycles. The predicted molar refractivity (Wildman–Crippen MR) is 153 cm³/mol. The third-order valence-electron chi connectivity index (χ3n) is 6.52. The van der Waals surface area contributed by atoms with Gasteiger partial charge in [-0.2, -0.15) is 0 Å². The van der Waals surface area contributed by atoms with Gasteiger partial charge in [-0.3, -0.25) is 19.2 Å². The predicted octanol–water partition coefficient (Wildman–Crippen LogP) is -0.126. The normalized spacial score (nSPS) is 13.6. The molecule has 2 aromatic carbocycles. The lowest BCUT2D eigenvalue weighted by atomic mass is 10.0. The van der Waals surface area contributed by atoms with Crippen LogP contribution in [0.1, 0.15) is 29.7 Å². The number of carbonyl (C=O) groups is 5. The number of H-pyrrole nitrogens is 1. The molecule has 0 aliphatic rings. The largest absolute Gasteiger partial charge is 0.508 e. The van der Waals surface area contributed by atoms with Crippen LogP contribution in [-0.4, -0.2) is 79.1 Å². The van der Waals surface area contributed by atoms with Crippen LogP contribution in [0.5, 0.6) is 5.75 Å². The molecule has 4 unspecified atom stereocenters.